The molecule has 0 amide bonds. The van der Waals surface area contributed by atoms with Gasteiger partial charge in [-0.25, -0.2) is 9.37 Å². The molecule has 1 aromatic heterocycles. The predicted molar refractivity (Wildman–Crippen MR) is 71.9 cm³/mol. The fourth-order valence-electron chi connectivity index (χ4n) is 1.57. The number of nitrogen functional groups attached to an aromatic ring is 1. The summed E-state index contributed by atoms with van der Waals surface area (Å²) in [5, 5.41) is 10.5. The number of rotatable bonds is 4. The molecule has 0 aliphatic rings. The maximum Gasteiger partial charge on any atom is 0.272 e. The van der Waals surface area contributed by atoms with Crippen molar-refractivity contribution in [2.45, 2.75) is 0 Å². The van der Waals surface area contributed by atoms with Gasteiger partial charge in [0.2, 0.25) is 0 Å². The van der Waals surface area contributed by atoms with Crippen LogP contribution in [0.1, 0.15) is 5.56 Å². The van der Waals surface area contributed by atoms with Gasteiger partial charge in [-0.05, 0) is 12.1 Å². The minimum absolute atomic E-state index is 0.149. The van der Waals surface area contributed by atoms with Crippen LogP contribution in [0.5, 0.6) is 11.5 Å². The third-order valence-corrected chi connectivity index (χ3v) is 2.53. The van der Waals surface area contributed by atoms with E-state index >= 15 is 0 Å². The maximum atomic E-state index is 13.7. The van der Waals surface area contributed by atoms with Crippen molar-refractivity contribution >= 4 is 17.6 Å². The van der Waals surface area contributed by atoms with Gasteiger partial charge in [0.25, 0.3) is 5.69 Å². The van der Waals surface area contributed by atoms with Crippen LogP contribution in [0.25, 0.3) is 6.08 Å². The Hall–Kier alpha value is -2.96. The quantitative estimate of drug-likeness (QED) is 0.683. The number of ether oxygens (including phenoxy) is 1. The monoisotopic (exact) mass is 275 g/mol. The van der Waals surface area contributed by atoms with Gasteiger partial charge in [-0.3, -0.25) is 10.1 Å². The van der Waals surface area contributed by atoms with E-state index in [2.05, 4.69) is 11.6 Å². The predicted octanol–water partition coefficient (Wildman–Crippen LogP) is 3.15. The number of halogens is 1. The van der Waals surface area contributed by atoms with Gasteiger partial charge in [0.15, 0.2) is 11.6 Å². The molecule has 6 nitrogen and oxygen atoms in total. The van der Waals surface area contributed by atoms with Crippen molar-refractivity contribution in [3.8, 4) is 11.5 Å². The molecule has 102 valence electrons. The second kappa shape index (κ2) is 5.35. The van der Waals surface area contributed by atoms with Gasteiger partial charge in [0, 0.05) is 12.3 Å². The molecule has 0 radical (unpaired) electrons. The van der Waals surface area contributed by atoms with Crippen molar-refractivity contribution in [2.75, 3.05) is 5.73 Å². The fraction of sp³-hybridized carbons (Fsp3) is 0. The molecule has 2 N–H and O–H groups in total. The molecule has 20 heavy (non-hydrogen) atoms. The Morgan fingerprint density at radius 3 is 2.75 bits per heavy atom. The Kier molecular flexibility index (Phi) is 3.60. The Bertz CT molecular complexity index is 689. The number of pyridine rings is 1. The third kappa shape index (κ3) is 2.56. The molecule has 1 heterocycles. The first-order chi connectivity index (χ1) is 9.52. The molecule has 0 fully saturated rings. The Morgan fingerprint density at radius 1 is 1.40 bits per heavy atom. The number of nitrogens with two attached hydrogens (primary N) is 1. The summed E-state index contributed by atoms with van der Waals surface area (Å²) < 4.78 is 19.1. The summed E-state index contributed by atoms with van der Waals surface area (Å²) in [6.45, 7) is 3.57. The number of benzene rings is 1. The standard InChI is InChI=1S/C13H10FN3O3/c1-2-9-11(5-6-16-13(9)15)20-12-4-3-8(17(18)19)7-10(12)14/h2-7H,1H2,(H2,15,16). The van der Waals surface area contributed by atoms with E-state index in [4.69, 9.17) is 10.5 Å². The topological polar surface area (TPSA) is 91.3 Å². The van der Waals surface area contributed by atoms with E-state index in [0.29, 0.717) is 5.56 Å². The van der Waals surface area contributed by atoms with E-state index in [1.165, 1.54) is 24.4 Å². The van der Waals surface area contributed by atoms with Gasteiger partial charge < -0.3 is 10.5 Å². The largest absolute Gasteiger partial charge is 0.453 e. The second-order valence-electron chi connectivity index (χ2n) is 3.79. The number of aromatic nitrogens is 1. The zero-order chi connectivity index (χ0) is 14.7. The van der Waals surface area contributed by atoms with Crippen LogP contribution in [-0.2, 0) is 0 Å². The van der Waals surface area contributed by atoms with E-state index in [1.54, 1.807) is 0 Å². The van der Waals surface area contributed by atoms with Crippen LogP contribution >= 0.6 is 0 Å². The summed E-state index contributed by atoms with van der Waals surface area (Å²) in [7, 11) is 0. The summed E-state index contributed by atoms with van der Waals surface area (Å²) >= 11 is 0. The zero-order valence-electron chi connectivity index (χ0n) is 10.2. The molecule has 0 aliphatic carbocycles. The van der Waals surface area contributed by atoms with Crippen molar-refractivity contribution in [2.24, 2.45) is 0 Å². The van der Waals surface area contributed by atoms with Gasteiger partial charge in [-0.15, -0.1) is 0 Å². The van der Waals surface area contributed by atoms with Crippen LogP contribution in [0.4, 0.5) is 15.9 Å². The second-order valence-corrected chi connectivity index (χ2v) is 3.79. The molecule has 0 saturated heterocycles. The van der Waals surface area contributed by atoms with Crippen LogP contribution in [0.2, 0.25) is 0 Å². The Labute approximate surface area is 113 Å². The molecular weight excluding hydrogens is 265 g/mol. The summed E-state index contributed by atoms with van der Waals surface area (Å²) in [5.74, 6) is -0.533. The third-order valence-electron chi connectivity index (χ3n) is 2.53. The molecular formula is C13H10FN3O3. The number of hydrogen-bond acceptors (Lipinski definition) is 5. The van der Waals surface area contributed by atoms with Gasteiger partial charge in [0.1, 0.15) is 11.6 Å². The van der Waals surface area contributed by atoms with Gasteiger partial charge in [-0.1, -0.05) is 12.7 Å². The normalized spacial score (nSPS) is 10.1. The van der Waals surface area contributed by atoms with Crippen LogP contribution in [0.15, 0.2) is 37.0 Å². The zero-order valence-corrected chi connectivity index (χ0v) is 10.2. The minimum atomic E-state index is -0.843. The van der Waals surface area contributed by atoms with Crippen molar-refractivity contribution < 1.29 is 14.1 Å². The lowest BCUT2D eigenvalue weighted by Gasteiger charge is -2.10. The van der Waals surface area contributed by atoms with Crippen LogP contribution in [0.3, 0.4) is 0 Å². The highest BCUT2D eigenvalue weighted by molar-refractivity contribution is 5.66. The summed E-state index contributed by atoms with van der Waals surface area (Å²) in [6, 6.07) is 4.61. The van der Waals surface area contributed by atoms with Gasteiger partial charge in [-0.2, -0.15) is 0 Å². The minimum Gasteiger partial charge on any atom is -0.453 e. The number of nitro benzene ring substituents is 1. The van der Waals surface area contributed by atoms with Crippen molar-refractivity contribution in [1.29, 1.82) is 0 Å². The molecule has 0 atom stereocenters. The highest BCUT2D eigenvalue weighted by Gasteiger charge is 2.14. The molecule has 0 spiro atoms. The molecule has 7 heteroatoms. The number of hydrogen-bond donors (Lipinski definition) is 1. The first-order valence-electron chi connectivity index (χ1n) is 5.51. The SMILES string of the molecule is C=Cc1c(Oc2ccc([N+](=O)[O-])cc2F)ccnc1N. The summed E-state index contributed by atoms with van der Waals surface area (Å²) in [4.78, 5) is 13.7. The molecule has 1 aromatic carbocycles. The Balaban J connectivity index is 2.38. The lowest BCUT2D eigenvalue weighted by atomic mass is 10.2. The molecule has 0 bridgehead atoms. The summed E-state index contributed by atoms with van der Waals surface area (Å²) in [5.41, 5.74) is 5.71. The molecule has 0 unspecified atom stereocenters. The molecule has 0 saturated carbocycles. The van der Waals surface area contributed by atoms with Crippen molar-refractivity contribution in [1.82, 2.24) is 4.98 Å². The van der Waals surface area contributed by atoms with Crippen molar-refractivity contribution in [3.05, 3.63) is 58.5 Å². The van der Waals surface area contributed by atoms with E-state index in [-0.39, 0.29) is 23.0 Å². The number of non-ortho nitro benzene ring substituents is 1. The highest BCUT2D eigenvalue weighted by Crippen LogP contribution is 2.31. The first kappa shape index (κ1) is 13.5. The average molecular weight is 275 g/mol. The summed E-state index contributed by atoms with van der Waals surface area (Å²) in [6.07, 6.45) is 2.84. The lowest BCUT2D eigenvalue weighted by molar-refractivity contribution is -0.385. The highest BCUT2D eigenvalue weighted by atomic mass is 19.1. The smallest absolute Gasteiger partial charge is 0.272 e. The lowest BCUT2D eigenvalue weighted by Crippen LogP contribution is -1.98. The van der Waals surface area contributed by atoms with E-state index in [0.717, 1.165) is 12.1 Å². The number of anilines is 1. The van der Waals surface area contributed by atoms with E-state index < -0.39 is 10.7 Å². The number of nitro groups is 1. The van der Waals surface area contributed by atoms with E-state index in [1.807, 2.05) is 0 Å². The average Bonchev–Trinajstić information content (AvgIpc) is 2.41. The van der Waals surface area contributed by atoms with Crippen LogP contribution < -0.4 is 10.5 Å². The van der Waals surface area contributed by atoms with E-state index in [9.17, 15) is 14.5 Å². The molecule has 2 rings (SSSR count). The van der Waals surface area contributed by atoms with Crippen LogP contribution in [-0.4, -0.2) is 9.91 Å². The number of nitrogens with zero attached hydrogens (tertiary/aromatic N) is 2. The van der Waals surface area contributed by atoms with Gasteiger partial charge >= 0.3 is 0 Å². The molecule has 2 aromatic rings. The van der Waals surface area contributed by atoms with Crippen molar-refractivity contribution in [3.63, 3.8) is 0 Å². The first-order valence-corrected chi connectivity index (χ1v) is 5.51. The molecule has 0 aliphatic heterocycles. The van der Waals surface area contributed by atoms with Crippen LogP contribution in [0, 0.1) is 15.9 Å². The van der Waals surface area contributed by atoms with Gasteiger partial charge in [0.05, 0.1) is 16.6 Å². The fourth-order valence-corrected chi connectivity index (χ4v) is 1.57. The maximum absolute atomic E-state index is 13.7. The Morgan fingerprint density at radius 2 is 2.15 bits per heavy atom.